The summed E-state index contributed by atoms with van der Waals surface area (Å²) in [5, 5.41) is 0.722. The second kappa shape index (κ2) is 6.21. The molecular formula is C17H22O2S. The molecule has 20 heavy (non-hydrogen) atoms. The second-order valence-corrected chi connectivity index (χ2v) is 7.56. The Morgan fingerprint density at radius 3 is 2.30 bits per heavy atom. The highest BCUT2D eigenvalue weighted by atomic mass is 32.2. The molecule has 2 fully saturated rings. The van der Waals surface area contributed by atoms with Gasteiger partial charge in [0, 0.05) is 10.1 Å². The van der Waals surface area contributed by atoms with Gasteiger partial charge in [-0.1, -0.05) is 18.2 Å². The van der Waals surface area contributed by atoms with Gasteiger partial charge in [-0.3, -0.25) is 4.79 Å². The van der Waals surface area contributed by atoms with Crippen LogP contribution in [0.25, 0.3) is 0 Å². The first-order chi connectivity index (χ1) is 9.74. The number of fused-ring (bicyclic) bond motifs is 2. The number of hydrogen-bond acceptors (Lipinski definition) is 3. The highest BCUT2D eigenvalue weighted by Gasteiger charge is 2.39. The average Bonchev–Trinajstić information content (AvgIpc) is 2.46. The second-order valence-electron chi connectivity index (χ2n) is 6.18. The number of hydrogen-bond donors (Lipinski definition) is 0. The number of carbonyl (C=O) groups excluding carboxylic acids is 1. The lowest BCUT2D eigenvalue weighted by Gasteiger charge is -2.41. The van der Waals surface area contributed by atoms with E-state index in [0.29, 0.717) is 11.8 Å². The first-order valence-electron chi connectivity index (χ1n) is 7.54. The number of thioether (sulfide) groups is 1. The van der Waals surface area contributed by atoms with Gasteiger partial charge in [0.05, 0.1) is 13.0 Å². The smallest absolute Gasteiger partial charge is 0.308 e. The molecule has 0 saturated heterocycles. The van der Waals surface area contributed by atoms with Crippen molar-refractivity contribution in [2.24, 2.45) is 17.8 Å². The molecule has 2 bridgehead atoms. The van der Waals surface area contributed by atoms with Crippen LogP contribution in [0.5, 0.6) is 0 Å². The Morgan fingerprint density at radius 2 is 1.70 bits per heavy atom. The Labute approximate surface area is 125 Å². The SMILES string of the molecule is COC(=O)C1CC2CC(Sc3ccccc3)C[C@@H](C2)C1. The van der Waals surface area contributed by atoms with E-state index < -0.39 is 0 Å². The molecule has 4 atom stereocenters. The lowest BCUT2D eigenvalue weighted by molar-refractivity contribution is -0.148. The van der Waals surface area contributed by atoms with Gasteiger partial charge in [-0.15, -0.1) is 11.8 Å². The van der Waals surface area contributed by atoms with Crippen molar-refractivity contribution in [3.63, 3.8) is 0 Å². The van der Waals surface area contributed by atoms with E-state index in [1.54, 1.807) is 0 Å². The van der Waals surface area contributed by atoms with Crippen LogP contribution in [0.4, 0.5) is 0 Å². The van der Waals surface area contributed by atoms with Crippen LogP contribution in [0.3, 0.4) is 0 Å². The number of benzene rings is 1. The van der Waals surface area contributed by atoms with Crippen LogP contribution < -0.4 is 0 Å². The van der Waals surface area contributed by atoms with Crippen molar-refractivity contribution in [2.75, 3.05) is 7.11 Å². The van der Waals surface area contributed by atoms with Gasteiger partial charge in [-0.25, -0.2) is 0 Å². The maximum absolute atomic E-state index is 11.7. The zero-order valence-electron chi connectivity index (χ0n) is 12.0. The molecule has 2 aliphatic rings. The summed E-state index contributed by atoms with van der Waals surface area (Å²) < 4.78 is 4.93. The van der Waals surface area contributed by atoms with E-state index in [9.17, 15) is 4.79 Å². The van der Waals surface area contributed by atoms with E-state index in [1.807, 2.05) is 11.8 Å². The molecule has 2 saturated carbocycles. The molecule has 2 nitrogen and oxygen atoms in total. The molecule has 0 heterocycles. The molecule has 0 aliphatic heterocycles. The van der Waals surface area contributed by atoms with Crippen LogP contribution >= 0.6 is 11.8 Å². The minimum absolute atomic E-state index is 0.00821. The van der Waals surface area contributed by atoms with Crippen LogP contribution in [0.15, 0.2) is 35.2 Å². The predicted molar refractivity (Wildman–Crippen MR) is 81.7 cm³/mol. The third-order valence-electron chi connectivity index (χ3n) is 4.68. The number of esters is 1. The summed E-state index contributed by atoms with van der Waals surface area (Å²) in [6.45, 7) is 0. The van der Waals surface area contributed by atoms with Crippen LogP contribution in [0.1, 0.15) is 32.1 Å². The minimum Gasteiger partial charge on any atom is -0.469 e. The summed E-state index contributed by atoms with van der Waals surface area (Å²) in [6, 6.07) is 10.7. The molecule has 0 radical (unpaired) electrons. The number of ether oxygens (including phenoxy) is 1. The molecule has 0 N–H and O–H groups in total. The largest absolute Gasteiger partial charge is 0.469 e. The fraction of sp³-hybridized carbons (Fsp3) is 0.588. The average molecular weight is 290 g/mol. The van der Waals surface area contributed by atoms with E-state index in [1.165, 1.54) is 31.3 Å². The number of carbonyl (C=O) groups is 1. The van der Waals surface area contributed by atoms with E-state index in [0.717, 1.165) is 18.1 Å². The quantitative estimate of drug-likeness (QED) is 0.782. The molecule has 3 unspecified atom stereocenters. The Bertz CT molecular complexity index is 445. The topological polar surface area (TPSA) is 26.3 Å². The van der Waals surface area contributed by atoms with E-state index in [2.05, 4.69) is 30.3 Å². The molecular weight excluding hydrogens is 268 g/mol. The van der Waals surface area contributed by atoms with Gasteiger partial charge in [0.15, 0.2) is 0 Å². The molecule has 0 amide bonds. The van der Waals surface area contributed by atoms with E-state index in [4.69, 9.17) is 4.74 Å². The summed E-state index contributed by atoms with van der Waals surface area (Å²) in [7, 11) is 1.51. The first kappa shape index (κ1) is 14.0. The summed E-state index contributed by atoms with van der Waals surface area (Å²) >= 11 is 2.02. The van der Waals surface area contributed by atoms with Crippen LogP contribution in [-0.2, 0) is 9.53 Å². The summed E-state index contributed by atoms with van der Waals surface area (Å²) in [4.78, 5) is 13.1. The third kappa shape index (κ3) is 3.20. The Morgan fingerprint density at radius 1 is 1.05 bits per heavy atom. The lowest BCUT2D eigenvalue weighted by Crippen LogP contribution is -2.35. The predicted octanol–water partition coefficient (Wildman–Crippen LogP) is 4.15. The number of methoxy groups -OCH3 is 1. The Kier molecular flexibility index (Phi) is 4.35. The Hall–Kier alpha value is -0.960. The summed E-state index contributed by atoms with van der Waals surface area (Å²) in [6.07, 6.45) is 5.90. The Balaban J connectivity index is 1.60. The van der Waals surface area contributed by atoms with Crippen molar-refractivity contribution >= 4 is 17.7 Å². The zero-order chi connectivity index (χ0) is 13.9. The molecule has 0 spiro atoms. The molecule has 3 heteroatoms. The van der Waals surface area contributed by atoms with Gasteiger partial charge >= 0.3 is 5.97 Å². The maximum Gasteiger partial charge on any atom is 0.308 e. The van der Waals surface area contributed by atoms with E-state index in [-0.39, 0.29) is 11.9 Å². The van der Waals surface area contributed by atoms with Crippen molar-refractivity contribution in [2.45, 2.75) is 42.2 Å². The molecule has 3 rings (SSSR count). The van der Waals surface area contributed by atoms with Crippen molar-refractivity contribution < 1.29 is 9.53 Å². The minimum atomic E-state index is 0.00821. The fourth-order valence-corrected chi connectivity index (χ4v) is 5.37. The highest BCUT2D eigenvalue weighted by Crippen LogP contribution is 2.47. The van der Waals surface area contributed by atoms with Gasteiger partial charge in [-0.2, -0.15) is 0 Å². The van der Waals surface area contributed by atoms with Crippen LogP contribution in [0, 0.1) is 17.8 Å². The number of rotatable bonds is 3. The summed E-state index contributed by atoms with van der Waals surface area (Å²) in [5.41, 5.74) is 0. The molecule has 1 aromatic rings. The molecule has 2 aliphatic carbocycles. The van der Waals surface area contributed by atoms with Gasteiger partial charge < -0.3 is 4.74 Å². The first-order valence-corrected chi connectivity index (χ1v) is 8.42. The molecule has 108 valence electrons. The van der Waals surface area contributed by atoms with E-state index >= 15 is 0 Å². The van der Waals surface area contributed by atoms with Crippen molar-refractivity contribution in [1.82, 2.24) is 0 Å². The molecule has 1 aromatic carbocycles. The normalized spacial score (nSPS) is 32.6. The summed E-state index contributed by atoms with van der Waals surface area (Å²) in [5.74, 6) is 1.60. The van der Waals surface area contributed by atoms with Gasteiger partial charge in [0.25, 0.3) is 0 Å². The fourth-order valence-electron chi connectivity index (χ4n) is 3.94. The van der Waals surface area contributed by atoms with Gasteiger partial charge in [-0.05, 0) is 56.1 Å². The van der Waals surface area contributed by atoms with Crippen molar-refractivity contribution in [1.29, 1.82) is 0 Å². The van der Waals surface area contributed by atoms with Crippen LogP contribution in [-0.4, -0.2) is 18.3 Å². The third-order valence-corrected chi connectivity index (χ3v) is 5.94. The monoisotopic (exact) mass is 290 g/mol. The van der Waals surface area contributed by atoms with Crippen molar-refractivity contribution in [3.05, 3.63) is 30.3 Å². The van der Waals surface area contributed by atoms with Crippen LogP contribution in [0.2, 0.25) is 0 Å². The lowest BCUT2D eigenvalue weighted by atomic mass is 9.68. The van der Waals surface area contributed by atoms with Gasteiger partial charge in [0.2, 0.25) is 0 Å². The maximum atomic E-state index is 11.7. The van der Waals surface area contributed by atoms with Gasteiger partial charge in [0.1, 0.15) is 0 Å². The highest BCUT2D eigenvalue weighted by molar-refractivity contribution is 8.00. The standard InChI is InChI=1S/C17H22O2S/c1-19-17(18)14-8-12-7-13(9-14)11-16(10-12)20-15-5-3-2-4-6-15/h2-6,12-14,16H,7-11H2,1H3/t12-,13?,14?,16?/m0/s1. The van der Waals surface area contributed by atoms with Crippen molar-refractivity contribution in [3.8, 4) is 0 Å². The molecule has 0 aromatic heterocycles. The zero-order valence-corrected chi connectivity index (χ0v) is 12.8.